The largest absolute Gasteiger partial charge is 0.390 e. The number of aliphatic hydroxyl groups is 1. The van der Waals surface area contributed by atoms with Crippen LogP contribution >= 0.6 is 0 Å². The van der Waals surface area contributed by atoms with Crippen molar-refractivity contribution in [1.29, 1.82) is 0 Å². The molecule has 1 heterocycles. The van der Waals surface area contributed by atoms with Crippen LogP contribution < -0.4 is 0 Å². The summed E-state index contributed by atoms with van der Waals surface area (Å²) in [6.45, 7) is 3.34. The molecule has 0 aromatic heterocycles. The summed E-state index contributed by atoms with van der Waals surface area (Å²) >= 11 is 0. The van der Waals surface area contributed by atoms with E-state index in [1.54, 1.807) is 0 Å². The number of hydrogen-bond acceptors (Lipinski definition) is 5. The van der Waals surface area contributed by atoms with Gasteiger partial charge < -0.3 is 5.11 Å². The lowest BCUT2D eigenvalue weighted by Gasteiger charge is -2.35. The van der Waals surface area contributed by atoms with E-state index in [0.717, 1.165) is 12.6 Å². The van der Waals surface area contributed by atoms with Crippen LogP contribution in [0.5, 0.6) is 0 Å². The molecule has 0 amide bonds. The normalized spacial score (nSPS) is 17.5. The van der Waals surface area contributed by atoms with E-state index < -0.39 is 21.9 Å². The maximum atomic E-state index is 13.9. The quantitative estimate of drug-likeness (QED) is 0.702. The first-order chi connectivity index (χ1) is 13.9. The van der Waals surface area contributed by atoms with Gasteiger partial charge in [-0.2, -0.15) is 4.31 Å². The number of rotatable bonds is 8. The monoisotopic (exact) mass is 421 g/mol. The van der Waals surface area contributed by atoms with Crippen molar-refractivity contribution >= 4 is 10.0 Å². The Morgan fingerprint density at radius 2 is 1.66 bits per heavy atom. The van der Waals surface area contributed by atoms with Gasteiger partial charge >= 0.3 is 0 Å². The molecule has 1 saturated heterocycles. The van der Waals surface area contributed by atoms with Crippen LogP contribution in [0.2, 0.25) is 0 Å². The third kappa shape index (κ3) is 5.83. The van der Waals surface area contributed by atoms with Crippen LogP contribution in [0.15, 0.2) is 59.5 Å². The van der Waals surface area contributed by atoms with Gasteiger partial charge in [-0.25, -0.2) is 12.8 Å². The van der Waals surface area contributed by atoms with Crippen molar-refractivity contribution in [1.82, 2.24) is 14.1 Å². The lowest BCUT2D eigenvalue weighted by molar-refractivity contribution is 0.0668. The van der Waals surface area contributed by atoms with Gasteiger partial charge in [-0.15, -0.1) is 0 Å². The smallest absolute Gasteiger partial charge is 0.246 e. The number of β-amino-alcohol motifs (C(OH)–C–C–N with tert-alkyl or cyclic N) is 1. The molecule has 0 bridgehead atoms. The van der Waals surface area contributed by atoms with E-state index in [0.29, 0.717) is 26.2 Å². The van der Waals surface area contributed by atoms with Crippen molar-refractivity contribution in [3.05, 3.63) is 66.0 Å². The minimum absolute atomic E-state index is 0.281. The number of nitrogens with zero attached hydrogens (tertiary/aromatic N) is 3. The number of hydrogen-bond donors (Lipinski definition) is 1. The van der Waals surface area contributed by atoms with Crippen molar-refractivity contribution in [3.8, 4) is 0 Å². The van der Waals surface area contributed by atoms with Crippen LogP contribution in [0.3, 0.4) is 0 Å². The Morgan fingerprint density at radius 3 is 2.31 bits per heavy atom. The summed E-state index contributed by atoms with van der Waals surface area (Å²) in [6, 6.07) is 15.5. The molecule has 2 aromatic carbocycles. The zero-order valence-electron chi connectivity index (χ0n) is 16.6. The summed E-state index contributed by atoms with van der Waals surface area (Å²) < 4.78 is 40.6. The Bertz CT molecular complexity index is 887. The number of piperazine rings is 1. The highest BCUT2D eigenvalue weighted by molar-refractivity contribution is 7.89. The fourth-order valence-corrected chi connectivity index (χ4v) is 5.11. The van der Waals surface area contributed by atoms with Crippen LogP contribution in [-0.2, 0) is 16.6 Å². The molecule has 1 atom stereocenters. The topological polar surface area (TPSA) is 64.1 Å². The minimum atomic E-state index is -3.84. The van der Waals surface area contributed by atoms with E-state index in [1.807, 2.05) is 30.1 Å². The molecule has 1 fully saturated rings. The number of halogens is 1. The molecule has 0 spiro atoms. The zero-order chi connectivity index (χ0) is 20.9. The average Bonchev–Trinajstić information content (AvgIpc) is 2.69. The van der Waals surface area contributed by atoms with Gasteiger partial charge in [0.25, 0.3) is 0 Å². The Balaban J connectivity index is 1.47. The lowest BCUT2D eigenvalue weighted by Crippen LogP contribution is -2.51. The van der Waals surface area contributed by atoms with Gasteiger partial charge in [-0.1, -0.05) is 42.5 Å². The molecule has 0 radical (unpaired) electrons. The number of sulfonamides is 1. The Morgan fingerprint density at radius 1 is 1.03 bits per heavy atom. The summed E-state index contributed by atoms with van der Waals surface area (Å²) in [5, 5.41) is 10.4. The standard InChI is InChI=1S/C21H28FN3O3S/c1-23(15-18-7-3-2-4-8-18)16-19(26)17-24-11-13-25(14-12-24)29(27,28)21-10-6-5-9-20(21)22/h2-10,19,26H,11-17H2,1H3. The van der Waals surface area contributed by atoms with Crippen molar-refractivity contribution in [2.75, 3.05) is 46.3 Å². The number of benzene rings is 2. The molecule has 29 heavy (non-hydrogen) atoms. The second-order valence-electron chi connectivity index (χ2n) is 7.47. The molecule has 158 valence electrons. The van der Waals surface area contributed by atoms with Gasteiger partial charge in [-0.05, 0) is 24.7 Å². The molecule has 0 saturated carbocycles. The van der Waals surface area contributed by atoms with Crippen LogP contribution in [0.25, 0.3) is 0 Å². The molecule has 1 aliphatic rings. The van der Waals surface area contributed by atoms with Gasteiger partial charge in [0.2, 0.25) is 10.0 Å². The minimum Gasteiger partial charge on any atom is -0.390 e. The van der Waals surface area contributed by atoms with Crippen molar-refractivity contribution in [3.63, 3.8) is 0 Å². The number of likely N-dealkylation sites (N-methyl/N-ethyl adjacent to an activating group) is 1. The summed E-state index contributed by atoms with van der Waals surface area (Å²) in [4.78, 5) is 3.84. The molecule has 1 N–H and O–H groups in total. The third-order valence-electron chi connectivity index (χ3n) is 5.07. The number of aliphatic hydroxyl groups excluding tert-OH is 1. The zero-order valence-corrected chi connectivity index (χ0v) is 17.4. The molecule has 3 rings (SSSR count). The van der Waals surface area contributed by atoms with E-state index in [1.165, 1.54) is 28.1 Å². The molecule has 6 nitrogen and oxygen atoms in total. The second-order valence-corrected chi connectivity index (χ2v) is 9.38. The fraction of sp³-hybridized carbons (Fsp3) is 0.429. The Kier molecular flexibility index (Phi) is 7.37. The van der Waals surface area contributed by atoms with E-state index in [9.17, 15) is 17.9 Å². The molecular formula is C21H28FN3O3S. The molecule has 1 aliphatic heterocycles. The van der Waals surface area contributed by atoms with Gasteiger partial charge in [0.05, 0.1) is 6.10 Å². The molecule has 0 aliphatic carbocycles. The summed E-state index contributed by atoms with van der Waals surface area (Å²) in [7, 11) is -1.87. The van der Waals surface area contributed by atoms with Gasteiger partial charge in [0.15, 0.2) is 0 Å². The first-order valence-electron chi connectivity index (χ1n) is 9.74. The SMILES string of the molecule is CN(Cc1ccccc1)CC(O)CN1CCN(S(=O)(=O)c2ccccc2F)CC1. The highest BCUT2D eigenvalue weighted by atomic mass is 32.2. The van der Waals surface area contributed by atoms with Crippen molar-refractivity contribution in [2.24, 2.45) is 0 Å². The third-order valence-corrected chi connectivity index (χ3v) is 7.00. The summed E-state index contributed by atoms with van der Waals surface area (Å²) in [5.41, 5.74) is 1.19. The molecule has 1 unspecified atom stereocenters. The Labute approximate surface area is 172 Å². The predicted octanol–water partition coefficient (Wildman–Crippen LogP) is 1.62. The average molecular weight is 422 g/mol. The summed E-state index contributed by atoms with van der Waals surface area (Å²) in [6.07, 6.45) is -0.529. The maximum absolute atomic E-state index is 13.9. The summed E-state index contributed by atoms with van der Waals surface area (Å²) in [5.74, 6) is -0.730. The van der Waals surface area contributed by atoms with Crippen molar-refractivity contribution in [2.45, 2.75) is 17.5 Å². The van der Waals surface area contributed by atoms with Gasteiger partial charge in [0, 0.05) is 45.8 Å². The van der Waals surface area contributed by atoms with Crippen LogP contribution in [0.1, 0.15) is 5.56 Å². The van der Waals surface area contributed by atoms with Crippen LogP contribution in [0.4, 0.5) is 4.39 Å². The van der Waals surface area contributed by atoms with E-state index in [4.69, 9.17) is 0 Å². The molecule has 2 aromatic rings. The van der Waals surface area contributed by atoms with Crippen LogP contribution in [-0.4, -0.2) is 80.0 Å². The van der Waals surface area contributed by atoms with E-state index in [2.05, 4.69) is 17.0 Å². The highest BCUT2D eigenvalue weighted by Crippen LogP contribution is 2.20. The van der Waals surface area contributed by atoms with Crippen molar-refractivity contribution < 1.29 is 17.9 Å². The second kappa shape index (κ2) is 9.77. The predicted molar refractivity (Wildman–Crippen MR) is 110 cm³/mol. The van der Waals surface area contributed by atoms with Crippen LogP contribution in [0, 0.1) is 5.82 Å². The maximum Gasteiger partial charge on any atom is 0.246 e. The van der Waals surface area contributed by atoms with Gasteiger partial charge in [-0.3, -0.25) is 9.80 Å². The lowest BCUT2D eigenvalue weighted by atomic mass is 10.2. The first kappa shape index (κ1) is 21.9. The van der Waals surface area contributed by atoms with Gasteiger partial charge in [0.1, 0.15) is 10.7 Å². The first-order valence-corrected chi connectivity index (χ1v) is 11.2. The van der Waals surface area contributed by atoms with E-state index in [-0.39, 0.29) is 18.0 Å². The fourth-order valence-electron chi connectivity index (χ4n) is 3.62. The molecule has 8 heteroatoms. The Hall–Kier alpha value is -1.84. The molecular weight excluding hydrogens is 393 g/mol. The highest BCUT2D eigenvalue weighted by Gasteiger charge is 2.30. The van der Waals surface area contributed by atoms with E-state index >= 15 is 0 Å².